The molecule has 11 nitrogen and oxygen atoms in total. The molecule has 2 bridgehead atoms. The monoisotopic (exact) mass is 675 g/mol. The van der Waals surface area contributed by atoms with Gasteiger partial charge in [-0.1, -0.05) is 47.7 Å². The Morgan fingerprint density at radius 3 is 2.57 bits per heavy atom. The largest absolute Gasteiger partial charge is 0.477 e. The molecule has 3 atom stereocenters. The molecule has 256 valence electrons. The van der Waals surface area contributed by atoms with E-state index in [0.717, 1.165) is 17.7 Å². The van der Waals surface area contributed by atoms with Crippen LogP contribution in [0, 0.1) is 11.8 Å². The zero-order valence-electron chi connectivity index (χ0n) is 26.6. The average molecular weight is 676 g/mol. The van der Waals surface area contributed by atoms with E-state index in [2.05, 4.69) is 25.9 Å². The number of carbonyl (C=O) groups is 3. The number of carbonyl (C=O) groups excluding carboxylic acids is 3. The summed E-state index contributed by atoms with van der Waals surface area (Å²) in [5, 5.41) is 14.2. The predicted molar refractivity (Wildman–Crippen MR) is 171 cm³/mol. The summed E-state index contributed by atoms with van der Waals surface area (Å²) in [5.74, 6) is -0.990. The molecule has 2 aliphatic heterocycles. The average Bonchev–Trinajstić information content (AvgIpc) is 3.53. The molecule has 2 aromatic heterocycles. The molecule has 14 heteroatoms. The van der Waals surface area contributed by atoms with Gasteiger partial charge in [0.1, 0.15) is 11.6 Å². The molecule has 0 spiro atoms. The summed E-state index contributed by atoms with van der Waals surface area (Å²) >= 11 is 0. The summed E-state index contributed by atoms with van der Waals surface area (Å²) in [4.78, 5) is 46.5. The van der Waals surface area contributed by atoms with E-state index in [1.165, 1.54) is 18.3 Å². The van der Waals surface area contributed by atoms with Crippen molar-refractivity contribution >= 4 is 17.7 Å². The molecule has 2 aliphatic rings. The quantitative estimate of drug-likeness (QED) is 0.288. The first-order chi connectivity index (χ1) is 23.6. The van der Waals surface area contributed by atoms with Crippen LogP contribution in [0.15, 0.2) is 79.1 Å². The standard InChI is InChI=1S/C35H36F3N7O4/c36-35(37,38)27-10-8-23(9-11-27)19-40-31(46)17-25-12-15-44-21-26(25)13-16-49-33-29(7-4-14-39-33)32(47)41-30(34(44)48)18-28-22-45(43-42-28)20-24-5-2-1-3-6-24/h1-11,14,22,25-26,30H,12-13,15-21H2,(H,40,46)(H,41,47)/t25-,26-,30+/m0/s1. The molecule has 4 heterocycles. The van der Waals surface area contributed by atoms with Gasteiger partial charge in [-0.3, -0.25) is 14.4 Å². The van der Waals surface area contributed by atoms with Gasteiger partial charge in [0.15, 0.2) is 0 Å². The number of hydrogen-bond acceptors (Lipinski definition) is 7. The third kappa shape index (κ3) is 8.61. The summed E-state index contributed by atoms with van der Waals surface area (Å²) in [5.41, 5.74) is 1.59. The highest BCUT2D eigenvalue weighted by atomic mass is 19.4. The lowest BCUT2D eigenvalue weighted by Crippen LogP contribution is -2.54. The van der Waals surface area contributed by atoms with Crippen LogP contribution in [-0.2, 0) is 35.3 Å². The van der Waals surface area contributed by atoms with Crippen molar-refractivity contribution in [1.82, 2.24) is 35.5 Å². The lowest BCUT2D eigenvalue weighted by Gasteiger charge is -2.40. The molecule has 6 rings (SSSR count). The zero-order valence-corrected chi connectivity index (χ0v) is 26.6. The van der Waals surface area contributed by atoms with Gasteiger partial charge in [0.25, 0.3) is 5.91 Å². The number of nitrogens with one attached hydrogen (secondary N) is 2. The van der Waals surface area contributed by atoms with Gasteiger partial charge in [0.05, 0.1) is 24.4 Å². The summed E-state index contributed by atoms with van der Waals surface area (Å²) in [6.45, 7) is 1.57. The second-order valence-corrected chi connectivity index (χ2v) is 12.4. The summed E-state index contributed by atoms with van der Waals surface area (Å²) < 4.78 is 46.4. The van der Waals surface area contributed by atoms with Gasteiger partial charge in [-0.15, -0.1) is 5.10 Å². The first-order valence-corrected chi connectivity index (χ1v) is 16.2. The second kappa shape index (κ2) is 14.9. The van der Waals surface area contributed by atoms with E-state index in [-0.39, 0.29) is 61.1 Å². The number of ether oxygens (including phenoxy) is 1. The van der Waals surface area contributed by atoms with Gasteiger partial charge in [0, 0.05) is 44.9 Å². The van der Waals surface area contributed by atoms with Crippen LogP contribution in [0.1, 0.15) is 52.0 Å². The Bertz CT molecular complexity index is 1760. The number of rotatable bonds is 8. The number of amides is 3. The topological polar surface area (TPSA) is 131 Å². The van der Waals surface area contributed by atoms with Gasteiger partial charge in [-0.05, 0) is 60.1 Å². The fraction of sp³-hybridized carbons (Fsp3) is 0.371. The minimum absolute atomic E-state index is 0.0719. The highest BCUT2D eigenvalue weighted by Gasteiger charge is 2.37. The highest BCUT2D eigenvalue weighted by molar-refractivity contribution is 5.99. The number of aromatic nitrogens is 4. The molecule has 1 fully saturated rings. The second-order valence-electron chi connectivity index (χ2n) is 12.4. The van der Waals surface area contributed by atoms with Crippen molar-refractivity contribution in [3.63, 3.8) is 0 Å². The SMILES string of the molecule is O=C(C[C@@H]1CCN2C[C@@H]1CCOc1ncccc1C(=O)N[C@H](Cc1cn(Cc3ccccc3)nn1)C2=O)NCc1ccc(C(F)(F)F)cc1. The summed E-state index contributed by atoms with van der Waals surface area (Å²) in [6.07, 6.45) is 0.225. The van der Waals surface area contributed by atoms with Crippen LogP contribution in [0.5, 0.6) is 5.88 Å². The smallest absolute Gasteiger partial charge is 0.416 e. The highest BCUT2D eigenvalue weighted by Crippen LogP contribution is 2.31. The molecule has 3 amide bonds. The Kier molecular flexibility index (Phi) is 10.2. The van der Waals surface area contributed by atoms with E-state index in [4.69, 9.17) is 4.74 Å². The maximum Gasteiger partial charge on any atom is 0.416 e. The number of alkyl halides is 3. The molecule has 0 radical (unpaired) electrons. The van der Waals surface area contributed by atoms with Crippen molar-refractivity contribution in [3.8, 4) is 5.88 Å². The maximum atomic E-state index is 14.1. The van der Waals surface area contributed by atoms with E-state index in [0.29, 0.717) is 43.7 Å². The fourth-order valence-electron chi connectivity index (χ4n) is 6.33. The van der Waals surface area contributed by atoms with Gasteiger partial charge in [-0.25, -0.2) is 9.67 Å². The number of piperidine rings is 1. The molecule has 0 unspecified atom stereocenters. The Hall–Kier alpha value is -5.27. The normalized spacial score (nSPS) is 19.9. The molecule has 4 aromatic rings. The third-order valence-electron chi connectivity index (χ3n) is 8.95. The van der Waals surface area contributed by atoms with E-state index in [9.17, 15) is 27.6 Å². The number of benzene rings is 2. The molecule has 49 heavy (non-hydrogen) atoms. The lowest BCUT2D eigenvalue weighted by atomic mass is 9.80. The molecule has 0 aliphatic carbocycles. The van der Waals surface area contributed by atoms with E-state index < -0.39 is 23.7 Å². The molecule has 0 saturated carbocycles. The van der Waals surface area contributed by atoms with Crippen LogP contribution < -0.4 is 15.4 Å². The van der Waals surface area contributed by atoms with Crippen molar-refractivity contribution < 1.29 is 32.3 Å². The lowest BCUT2D eigenvalue weighted by molar-refractivity contribution is -0.138. The van der Waals surface area contributed by atoms with Crippen molar-refractivity contribution in [3.05, 3.63) is 107 Å². The minimum atomic E-state index is -4.43. The van der Waals surface area contributed by atoms with Gasteiger partial charge in [0.2, 0.25) is 17.7 Å². The van der Waals surface area contributed by atoms with Crippen molar-refractivity contribution in [2.45, 2.75) is 51.0 Å². The maximum absolute atomic E-state index is 14.1. The number of pyridine rings is 1. The van der Waals surface area contributed by atoms with E-state index >= 15 is 0 Å². The summed E-state index contributed by atoms with van der Waals surface area (Å²) in [6, 6.07) is 16.7. The number of hydrogen-bond donors (Lipinski definition) is 2. The molecule has 1 saturated heterocycles. The number of fused-ring (bicyclic) bond motifs is 3. The third-order valence-corrected chi connectivity index (χ3v) is 8.95. The molecular weight excluding hydrogens is 639 g/mol. The first kappa shape index (κ1) is 33.6. The van der Waals surface area contributed by atoms with Crippen LogP contribution in [0.4, 0.5) is 13.2 Å². The van der Waals surface area contributed by atoms with Gasteiger partial charge in [-0.2, -0.15) is 13.2 Å². The van der Waals surface area contributed by atoms with Crippen LogP contribution >= 0.6 is 0 Å². The van der Waals surface area contributed by atoms with Crippen LogP contribution in [0.25, 0.3) is 0 Å². The molecular formula is C35H36F3N7O4. The zero-order chi connectivity index (χ0) is 34.4. The van der Waals surface area contributed by atoms with Gasteiger partial charge < -0.3 is 20.3 Å². The van der Waals surface area contributed by atoms with Crippen molar-refractivity contribution in [1.29, 1.82) is 0 Å². The number of nitrogens with zero attached hydrogens (tertiary/aromatic N) is 5. The van der Waals surface area contributed by atoms with E-state index in [1.54, 1.807) is 27.9 Å². The fourth-order valence-corrected chi connectivity index (χ4v) is 6.33. The Morgan fingerprint density at radius 2 is 1.80 bits per heavy atom. The van der Waals surface area contributed by atoms with Crippen LogP contribution in [-0.4, -0.2) is 68.3 Å². The Balaban J connectivity index is 1.15. The van der Waals surface area contributed by atoms with Crippen molar-refractivity contribution in [2.24, 2.45) is 11.8 Å². The van der Waals surface area contributed by atoms with Crippen LogP contribution in [0.2, 0.25) is 0 Å². The van der Waals surface area contributed by atoms with E-state index in [1.807, 2.05) is 30.3 Å². The summed E-state index contributed by atoms with van der Waals surface area (Å²) in [7, 11) is 0. The number of halogens is 3. The minimum Gasteiger partial charge on any atom is -0.477 e. The first-order valence-electron chi connectivity index (χ1n) is 16.2. The predicted octanol–water partition coefficient (Wildman–Crippen LogP) is 4.04. The Morgan fingerprint density at radius 1 is 1.00 bits per heavy atom. The molecule has 2 aromatic carbocycles. The van der Waals surface area contributed by atoms with Crippen LogP contribution in [0.3, 0.4) is 0 Å². The van der Waals surface area contributed by atoms with Crippen molar-refractivity contribution in [2.75, 3.05) is 19.7 Å². The molecule has 2 N–H and O–H groups in total. The van der Waals surface area contributed by atoms with Gasteiger partial charge >= 0.3 is 6.18 Å². The Labute approximate surface area is 280 Å².